The van der Waals surface area contributed by atoms with Crippen LogP contribution in [-0.4, -0.2) is 34.6 Å². The Kier molecular flexibility index (Phi) is 7.95. The van der Waals surface area contributed by atoms with E-state index < -0.39 is 5.97 Å². The smallest absolute Gasteiger partial charge is 0.317 e. The fourth-order valence-electron chi connectivity index (χ4n) is 3.75. The number of nitrogens with zero attached hydrogens (tertiary/aromatic N) is 3. The molecule has 0 saturated carbocycles. The SMILES string of the molecule is CN(Cc1ccccc1)c1ccc(-c2csc(CN(CC(=O)O)Cc3ccc(Cl)cc3)n2)cc1. The first-order valence-electron chi connectivity index (χ1n) is 10.9. The average Bonchev–Trinajstić information content (AvgIpc) is 3.29. The van der Waals surface area contributed by atoms with E-state index >= 15 is 0 Å². The van der Waals surface area contributed by atoms with Crippen LogP contribution >= 0.6 is 22.9 Å². The van der Waals surface area contributed by atoms with E-state index in [1.807, 2.05) is 40.6 Å². The van der Waals surface area contributed by atoms with E-state index in [0.717, 1.165) is 34.1 Å². The zero-order valence-corrected chi connectivity index (χ0v) is 20.5. The number of rotatable bonds is 10. The van der Waals surface area contributed by atoms with Gasteiger partial charge in [0.1, 0.15) is 5.01 Å². The van der Waals surface area contributed by atoms with Crippen LogP contribution in [0.1, 0.15) is 16.1 Å². The standard InChI is InChI=1S/C27H26ClN3O2S/c1-30(15-20-5-3-2-4-6-20)24-13-9-22(10-14-24)25-19-34-26(29-25)17-31(18-27(32)33)16-21-7-11-23(28)12-8-21/h2-14,19H,15-18H2,1H3,(H,32,33). The van der Waals surface area contributed by atoms with Crippen LogP contribution in [0.3, 0.4) is 0 Å². The molecule has 4 rings (SSSR count). The monoisotopic (exact) mass is 491 g/mol. The lowest BCUT2D eigenvalue weighted by Gasteiger charge is -2.19. The van der Waals surface area contributed by atoms with Crippen molar-refractivity contribution in [3.05, 3.63) is 105 Å². The second-order valence-electron chi connectivity index (χ2n) is 8.18. The first-order valence-corrected chi connectivity index (χ1v) is 12.2. The molecule has 0 saturated heterocycles. The van der Waals surface area contributed by atoms with Crippen molar-refractivity contribution in [2.45, 2.75) is 19.6 Å². The van der Waals surface area contributed by atoms with Crippen molar-refractivity contribution >= 4 is 34.6 Å². The van der Waals surface area contributed by atoms with Gasteiger partial charge in [0.2, 0.25) is 0 Å². The van der Waals surface area contributed by atoms with Gasteiger partial charge >= 0.3 is 5.97 Å². The van der Waals surface area contributed by atoms with Crippen LogP contribution in [-0.2, 0) is 24.4 Å². The third kappa shape index (κ3) is 6.67. The molecule has 0 amide bonds. The molecular weight excluding hydrogens is 466 g/mol. The normalized spacial score (nSPS) is 11.0. The third-order valence-electron chi connectivity index (χ3n) is 5.46. The van der Waals surface area contributed by atoms with Gasteiger partial charge in [-0.25, -0.2) is 4.98 Å². The number of carbonyl (C=O) groups is 1. The number of hydrogen-bond donors (Lipinski definition) is 1. The predicted molar refractivity (Wildman–Crippen MR) is 139 cm³/mol. The Bertz CT molecular complexity index is 1210. The Morgan fingerprint density at radius 2 is 1.59 bits per heavy atom. The van der Waals surface area contributed by atoms with Crippen molar-refractivity contribution in [1.29, 1.82) is 0 Å². The molecule has 5 nitrogen and oxygen atoms in total. The van der Waals surface area contributed by atoms with Crippen LogP contribution in [0.4, 0.5) is 5.69 Å². The summed E-state index contributed by atoms with van der Waals surface area (Å²) in [6.45, 7) is 1.77. The number of anilines is 1. The highest BCUT2D eigenvalue weighted by atomic mass is 35.5. The van der Waals surface area contributed by atoms with E-state index in [1.54, 1.807) is 11.3 Å². The Hall–Kier alpha value is -3.19. The summed E-state index contributed by atoms with van der Waals surface area (Å²) in [6.07, 6.45) is 0. The molecule has 4 aromatic rings. The third-order valence-corrected chi connectivity index (χ3v) is 6.54. The number of thiazole rings is 1. The van der Waals surface area contributed by atoms with Gasteiger partial charge < -0.3 is 10.0 Å². The number of carboxylic acid groups (broad SMARTS) is 1. The van der Waals surface area contributed by atoms with Gasteiger partial charge in [-0.2, -0.15) is 0 Å². The van der Waals surface area contributed by atoms with Crippen LogP contribution in [0.5, 0.6) is 0 Å². The van der Waals surface area contributed by atoms with Crippen molar-refractivity contribution in [1.82, 2.24) is 9.88 Å². The molecule has 34 heavy (non-hydrogen) atoms. The maximum Gasteiger partial charge on any atom is 0.317 e. The largest absolute Gasteiger partial charge is 0.480 e. The minimum absolute atomic E-state index is 0.0556. The van der Waals surface area contributed by atoms with E-state index in [9.17, 15) is 9.90 Å². The number of benzene rings is 3. The molecule has 0 spiro atoms. The molecule has 3 aromatic carbocycles. The summed E-state index contributed by atoms with van der Waals surface area (Å²) in [5, 5.41) is 12.9. The molecule has 0 radical (unpaired) electrons. The van der Waals surface area contributed by atoms with Gasteiger partial charge in [-0.05, 0) is 35.4 Å². The van der Waals surface area contributed by atoms with Crippen LogP contribution in [0.15, 0.2) is 84.2 Å². The Labute approximate surface area is 208 Å². The summed E-state index contributed by atoms with van der Waals surface area (Å²) < 4.78 is 0. The molecule has 1 heterocycles. The molecular formula is C27H26ClN3O2S. The van der Waals surface area contributed by atoms with E-state index in [1.165, 1.54) is 5.56 Å². The highest BCUT2D eigenvalue weighted by Crippen LogP contribution is 2.26. The number of carboxylic acids is 1. The lowest BCUT2D eigenvalue weighted by molar-refractivity contribution is -0.138. The Balaban J connectivity index is 1.42. The Morgan fingerprint density at radius 3 is 2.26 bits per heavy atom. The fourth-order valence-corrected chi connectivity index (χ4v) is 4.72. The van der Waals surface area contributed by atoms with Gasteiger partial charge in [-0.15, -0.1) is 11.3 Å². The molecule has 1 aromatic heterocycles. The van der Waals surface area contributed by atoms with Gasteiger partial charge in [0, 0.05) is 41.8 Å². The summed E-state index contributed by atoms with van der Waals surface area (Å²) in [6, 6.07) is 26.2. The molecule has 174 valence electrons. The fraction of sp³-hybridized carbons (Fsp3) is 0.185. The average molecular weight is 492 g/mol. The summed E-state index contributed by atoms with van der Waals surface area (Å²) >= 11 is 7.52. The number of halogens is 1. The molecule has 0 atom stereocenters. The highest BCUT2D eigenvalue weighted by molar-refractivity contribution is 7.09. The summed E-state index contributed by atoms with van der Waals surface area (Å²) in [5.74, 6) is -0.860. The van der Waals surface area contributed by atoms with Gasteiger partial charge in [-0.1, -0.05) is 66.2 Å². The first-order chi connectivity index (χ1) is 16.5. The zero-order chi connectivity index (χ0) is 23.9. The van der Waals surface area contributed by atoms with Crippen LogP contribution < -0.4 is 4.90 Å². The topological polar surface area (TPSA) is 56.7 Å². The van der Waals surface area contributed by atoms with Crippen molar-refractivity contribution in [3.8, 4) is 11.3 Å². The maximum absolute atomic E-state index is 11.4. The van der Waals surface area contributed by atoms with E-state index in [4.69, 9.17) is 16.6 Å². The molecule has 0 aliphatic carbocycles. The first kappa shape index (κ1) is 24.0. The summed E-state index contributed by atoms with van der Waals surface area (Å²) in [4.78, 5) is 20.2. The van der Waals surface area contributed by atoms with Crippen molar-refractivity contribution in [3.63, 3.8) is 0 Å². The molecule has 0 fully saturated rings. The van der Waals surface area contributed by atoms with E-state index in [0.29, 0.717) is 18.1 Å². The number of aromatic nitrogens is 1. The van der Waals surface area contributed by atoms with Gasteiger partial charge in [0.25, 0.3) is 0 Å². The van der Waals surface area contributed by atoms with E-state index in [-0.39, 0.29) is 6.54 Å². The van der Waals surface area contributed by atoms with Crippen molar-refractivity contribution < 1.29 is 9.90 Å². The van der Waals surface area contributed by atoms with Gasteiger partial charge in [0.15, 0.2) is 0 Å². The zero-order valence-electron chi connectivity index (χ0n) is 18.9. The summed E-state index contributed by atoms with van der Waals surface area (Å²) in [7, 11) is 2.08. The van der Waals surface area contributed by atoms with Crippen LogP contribution in [0.25, 0.3) is 11.3 Å². The second-order valence-corrected chi connectivity index (χ2v) is 9.56. The minimum atomic E-state index is -0.860. The molecule has 1 N–H and O–H groups in total. The number of aliphatic carboxylic acids is 1. The summed E-state index contributed by atoms with van der Waals surface area (Å²) in [5.41, 5.74) is 5.36. The Morgan fingerprint density at radius 1 is 0.912 bits per heavy atom. The molecule has 7 heteroatoms. The second kappa shape index (κ2) is 11.3. The minimum Gasteiger partial charge on any atom is -0.480 e. The molecule has 0 aliphatic rings. The highest BCUT2D eigenvalue weighted by Gasteiger charge is 2.14. The van der Waals surface area contributed by atoms with Crippen molar-refractivity contribution in [2.24, 2.45) is 0 Å². The van der Waals surface area contributed by atoms with E-state index in [2.05, 4.69) is 60.5 Å². The number of hydrogen-bond acceptors (Lipinski definition) is 5. The van der Waals surface area contributed by atoms with Crippen LogP contribution in [0, 0.1) is 0 Å². The molecule has 0 unspecified atom stereocenters. The lowest BCUT2D eigenvalue weighted by Crippen LogP contribution is -2.28. The van der Waals surface area contributed by atoms with Gasteiger partial charge in [-0.3, -0.25) is 9.69 Å². The maximum atomic E-state index is 11.4. The van der Waals surface area contributed by atoms with Gasteiger partial charge in [0.05, 0.1) is 18.8 Å². The quantitative estimate of drug-likeness (QED) is 0.287. The van der Waals surface area contributed by atoms with Crippen molar-refractivity contribution in [2.75, 3.05) is 18.5 Å². The predicted octanol–water partition coefficient (Wildman–Crippen LogP) is 6.19. The van der Waals surface area contributed by atoms with Crippen LogP contribution in [0.2, 0.25) is 5.02 Å². The lowest BCUT2D eigenvalue weighted by atomic mass is 10.1. The molecule has 0 aliphatic heterocycles. The molecule has 0 bridgehead atoms.